The van der Waals surface area contributed by atoms with Crippen LogP contribution in [0.4, 0.5) is 0 Å². The molecule has 1 aliphatic heterocycles. The first-order valence-electron chi connectivity index (χ1n) is 9.27. The highest BCUT2D eigenvalue weighted by Gasteiger charge is 2.33. The minimum absolute atomic E-state index is 0.0527. The molecule has 2 fully saturated rings. The van der Waals surface area contributed by atoms with E-state index in [1.54, 1.807) is 11.3 Å². The summed E-state index contributed by atoms with van der Waals surface area (Å²) in [5.74, 6) is 1.51. The van der Waals surface area contributed by atoms with E-state index >= 15 is 0 Å². The van der Waals surface area contributed by atoms with Crippen molar-refractivity contribution < 1.29 is 4.79 Å². The number of aromatic nitrogens is 2. The van der Waals surface area contributed by atoms with Crippen molar-refractivity contribution in [2.45, 2.75) is 52.5 Å². The second-order valence-corrected chi connectivity index (χ2v) is 8.78. The van der Waals surface area contributed by atoms with Gasteiger partial charge in [-0.2, -0.15) is 0 Å². The molecule has 4 rings (SSSR count). The molecule has 2 aromatic rings. The molecule has 134 valence electrons. The fourth-order valence-electron chi connectivity index (χ4n) is 4.46. The van der Waals surface area contributed by atoms with Crippen molar-refractivity contribution in [2.75, 3.05) is 13.1 Å². The van der Waals surface area contributed by atoms with Crippen LogP contribution < -0.4 is 5.56 Å². The number of hydrogen-bond acceptors (Lipinski definition) is 4. The van der Waals surface area contributed by atoms with E-state index in [-0.39, 0.29) is 18.0 Å². The molecule has 1 saturated carbocycles. The summed E-state index contributed by atoms with van der Waals surface area (Å²) in [5.41, 5.74) is 0.898. The summed E-state index contributed by atoms with van der Waals surface area (Å²) in [6.45, 7) is 5.77. The molecular formula is C19H25N3O2S. The first-order chi connectivity index (χ1) is 12.0. The fourth-order valence-corrected chi connectivity index (χ4v) is 5.44. The van der Waals surface area contributed by atoms with Gasteiger partial charge in [0.05, 0.1) is 11.7 Å². The Hall–Kier alpha value is -1.69. The van der Waals surface area contributed by atoms with E-state index in [1.807, 2.05) is 18.7 Å². The topological polar surface area (TPSA) is 55.2 Å². The minimum atomic E-state index is -0.0900. The number of aryl methyl sites for hydroxylation is 2. The van der Waals surface area contributed by atoms with E-state index in [2.05, 4.69) is 4.98 Å². The van der Waals surface area contributed by atoms with Gasteiger partial charge in [0.2, 0.25) is 5.91 Å². The quantitative estimate of drug-likeness (QED) is 0.828. The van der Waals surface area contributed by atoms with Gasteiger partial charge in [0.1, 0.15) is 11.4 Å². The number of rotatable bonds is 2. The Morgan fingerprint density at radius 3 is 2.80 bits per heavy atom. The maximum absolute atomic E-state index is 12.8. The van der Waals surface area contributed by atoms with Crippen molar-refractivity contribution in [2.24, 2.45) is 11.8 Å². The van der Waals surface area contributed by atoms with Crippen molar-refractivity contribution in [3.8, 4) is 0 Å². The second kappa shape index (κ2) is 6.56. The van der Waals surface area contributed by atoms with E-state index in [1.165, 1.54) is 36.6 Å². The van der Waals surface area contributed by atoms with E-state index in [4.69, 9.17) is 0 Å². The number of nitrogens with zero attached hydrogens (tertiary/aromatic N) is 3. The van der Waals surface area contributed by atoms with E-state index in [0.717, 1.165) is 40.7 Å². The van der Waals surface area contributed by atoms with Crippen molar-refractivity contribution in [1.82, 2.24) is 14.5 Å². The third-order valence-electron chi connectivity index (χ3n) is 6.11. The molecule has 1 saturated heterocycles. The first-order valence-corrected chi connectivity index (χ1v) is 10.1. The maximum Gasteiger partial charge on any atom is 0.262 e. The monoisotopic (exact) mass is 359 g/mol. The van der Waals surface area contributed by atoms with Gasteiger partial charge >= 0.3 is 0 Å². The van der Waals surface area contributed by atoms with Crippen LogP contribution >= 0.6 is 11.3 Å². The molecule has 1 aliphatic carbocycles. The number of hydrogen-bond donors (Lipinski definition) is 0. The third-order valence-corrected chi connectivity index (χ3v) is 7.22. The fraction of sp³-hybridized carbons (Fsp3) is 0.632. The van der Waals surface area contributed by atoms with Gasteiger partial charge in [-0.05, 0) is 44.1 Å². The van der Waals surface area contributed by atoms with Gasteiger partial charge < -0.3 is 4.90 Å². The molecule has 5 nitrogen and oxygen atoms in total. The number of fused-ring (bicyclic) bond motifs is 2. The second-order valence-electron chi connectivity index (χ2n) is 7.57. The molecule has 6 heteroatoms. The zero-order valence-corrected chi connectivity index (χ0v) is 15.8. The molecule has 0 bridgehead atoms. The van der Waals surface area contributed by atoms with Crippen LogP contribution in [-0.4, -0.2) is 33.4 Å². The lowest BCUT2D eigenvalue weighted by Crippen LogP contribution is -2.46. The Kier molecular flexibility index (Phi) is 4.40. The summed E-state index contributed by atoms with van der Waals surface area (Å²) in [5, 5.41) is 0.670. The predicted molar refractivity (Wildman–Crippen MR) is 100.0 cm³/mol. The zero-order valence-electron chi connectivity index (χ0n) is 15.0. The number of carbonyl (C=O) groups excluding carboxylic acids is 1. The Balaban J connectivity index is 1.53. The molecular weight excluding hydrogens is 334 g/mol. The molecule has 3 heterocycles. The third kappa shape index (κ3) is 3.01. The number of carbonyl (C=O) groups is 1. The lowest BCUT2D eigenvalue weighted by molar-refractivity contribution is -0.135. The summed E-state index contributed by atoms with van der Waals surface area (Å²) in [6, 6.07) is 0. The van der Waals surface area contributed by atoms with Gasteiger partial charge in [-0.25, -0.2) is 4.98 Å². The highest BCUT2D eigenvalue weighted by atomic mass is 32.1. The van der Waals surface area contributed by atoms with E-state index < -0.39 is 0 Å². The molecule has 2 aromatic heterocycles. The average molecular weight is 359 g/mol. The highest BCUT2D eigenvalue weighted by molar-refractivity contribution is 7.18. The standard InChI is InChI=1S/C19H25N3O2S/c1-12-13(2)25-18-17(12)19(24)22(11-20-18)10-16(23)21-8-7-14-5-3-4-6-15(14)9-21/h11,14-15H,3-10H2,1-2H3/t14-,15-/m0/s1. The lowest BCUT2D eigenvalue weighted by atomic mass is 9.75. The molecule has 25 heavy (non-hydrogen) atoms. The Morgan fingerprint density at radius 2 is 2.00 bits per heavy atom. The molecule has 0 radical (unpaired) electrons. The van der Waals surface area contributed by atoms with Crippen LogP contribution in [0.1, 0.15) is 42.5 Å². The Labute approximate surface area is 151 Å². The van der Waals surface area contributed by atoms with Gasteiger partial charge in [0.25, 0.3) is 5.56 Å². The van der Waals surface area contributed by atoms with Gasteiger partial charge in [-0.15, -0.1) is 11.3 Å². The number of likely N-dealkylation sites (tertiary alicyclic amines) is 1. The summed E-state index contributed by atoms with van der Waals surface area (Å²) < 4.78 is 1.48. The Bertz CT molecular complexity index is 869. The van der Waals surface area contributed by atoms with Crippen molar-refractivity contribution >= 4 is 27.5 Å². The Morgan fingerprint density at radius 1 is 1.24 bits per heavy atom. The largest absolute Gasteiger partial charge is 0.341 e. The van der Waals surface area contributed by atoms with Crippen LogP contribution in [0.3, 0.4) is 0 Å². The maximum atomic E-state index is 12.8. The van der Waals surface area contributed by atoms with Crippen LogP contribution in [0.2, 0.25) is 0 Å². The van der Waals surface area contributed by atoms with Crippen LogP contribution in [0.25, 0.3) is 10.2 Å². The molecule has 2 atom stereocenters. The summed E-state index contributed by atoms with van der Waals surface area (Å²) in [4.78, 5) is 33.8. The van der Waals surface area contributed by atoms with Crippen molar-refractivity contribution in [3.05, 3.63) is 27.1 Å². The molecule has 2 aliphatic rings. The van der Waals surface area contributed by atoms with Crippen LogP contribution in [0.5, 0.6) is 0 Å². The lowest BCUT2D eigenvalue weighted by Gasteiger charge is -2.41. The highest BCUT2D eigenvalue weighted by Crippen LogP contribution is 2.36. The zero-order chi connectivity index (χ0) is 17.6. The number of thiophene rings is 1. The molecule has 0 spiro atoms. The average Bonchev–Trinajstić information content (AvgIpc) is 2.92. The SMILES string of the molecule is Cc1sc2ncn(CC(=O)N3CC[C@@H]4CCCC[C@H]4C3)c(=O)c2c1C. The van der Waals surface area contributed by atoms with Gasteiger partial charge in [0.15, 0.2) is 0 Å². The normalized spacial score (nSPS) is 23.7. The first kappa shape index (κ1) is 16.8. The van der Waals surface area contributed by atoms with Crippen LogP contribution in [0, 0.1) is 25.7 Å². The van der Waals surface area contributed by atoms with E-state index in [0.29, 0.717) is 11.3 Å². The molecule has 0 N–H and O–H groups in total. The predicted octanol–water partition coefficient (Wildman–Crippen LogP) is 3.11. The van der Waals surface area contributed by atoms with Crippen LogP contribution in [0.15, 0.2) is 11.1 Å². The minimum Gasteiger partial charge on any atom is -0.341 e. The van der Waals surface area contributed by atoms with Crippen molar-refractivity contribution in [3.63, 3.8) is 0 Å². The number of amides is 1. The summed E-state index contributed by atoms with van der Waals surface area (Å²) in [7, 11) is 0. The molecule has 0 aromatic carbocycles. The summed E-state index contributed by atoms with van der Waals surface area (Å²) >= 11 is 1.54. The smallest absolute Gasteiger partial charge is 0.262 e. The van der Waals surface area contributed by atoms with Gasteiger partial charge in [-0.3, -0.25) is 14.2 Å². The van der Waals surface area contributed by atoms with Gasteiger partial charge in [0, 0.05) is 18.0 Å². The summed E-state index contributed by atoms with van der Waals surface area (Å²) in [6.07, 6.45) is 7.85. The number of piperidine rings is 1. The van der Waals surface area contributed by atoms with E-state index in [9.17, 15) is 9.59 Å². The molecule has 1 amide bonds. The van der Waals surface area contributed by atoms with Gasteiger partial charge in [-0.1, -0.05) is 19.3 Å². The van der Waals surface area contributed by atoms with Crippen LogP contribution in [-0.2, 0) is 11.3 Å². The van der Waals surface area contributed by atoms with Crippen molar-refractivity contribution in [1.29, 1.82) is 0 Å². The molecule has 0 unspecified atom stereocenters.